The van der Waals surface area contributed by atoms with Gasteiger partial charge < -0.3 is 10.6 Å². The molecule has 3 atom stereocenters. The fourth-order valence-electron chi connectivity index (χ4n) is 2.98. The molecule has 2 fully saturated rings. The second-order valence-corrected chi connectivity index (χ2v) is 5.67. The molecule has 0 aromatic carbocycles. The van der Waals surface area contributed by atoms with Gasteiger partial charge in [0.05, 0.1) is 0 Å². The number of halogens is 3. The number of hydrogen-bond acceptors (Lipinski definition) is 2. The normalized spacial score (nSPS) is 33.0. The van der Waals surface area contributed by atoms with Crippen LogP contribution in [0.2, 0.25) is 0 Å². The molecule has 0 bridgehead atoms. The van der Waals surface area contributed by atoms with Crippen LogP contribution in [0.4, 0.5) is 13.2 Å². The first kappa shape index (κ1) is 16.8. The van der Waals surface area contributed by atoms with Gasteiger partial charge in [0.25, 0.3) is 5.92 Å². The maximum Gasteiger partial charge on any atom is 0.252 e. The highest BCUT2D eigenvalue weighted by Crippen LogP contribution is 2.39. The summed E-state index contributed by atoms with van der Waals surface area (Å²) < 4.78 is 38.2. The second kappa shape index (κ2) is 8.10. The Bertz CT molecular complexity index is 249. The number of rotatable bonds is 4. The van der Waals surface area contributed by atoms with Gasteiger partial charge in [-0.05, 0) is 39.8 Å². The van der Waals surface area contributed by atoms with Gasteiger partial charge in [0.1, 0.15) is 6.17 Å². The molecule has 0 aromatic rings. The van der Waals surface area contributed by atoms with Crippen LogP contribution >= 0.6 is 0 Å². The zero-order valence-corrected chi connectivity index (χ0v) is 12.0. The van der Waals surface area contributed by atoms with Crippen molar-refractivity contribution in [2.24, 2.45) is 11.8 Å². The van der Waals surface area contributed by atoms with E-state index in [1.54, 1.807) is 7.05 Å². The van der Waals surface area contributed by atoms with Gasteiger partial charge in [0, 0.05) is 31.3 Å². The fourth-order valence-corrected chi connectivity index (χ4v) is 2.98. The van der Waals surface area contributed by atoms with Crippen LogP contribution in [0.5, 0.6) is 0 Å². The average Bonchev–Trinajstić information content (AvgIpc) is 2.89. The summed E-state index contributed by atoms with van der Waals surface area (Å²) in [7, 11) is 3.60. The molecule has 0 heterocycles. The summed E-state index contributed by atoms with van der Waals surface area (Å²) in [5.74, 6) is -2.52. The van der Waals surface area contributed by atoms with E-state index in [9.17, 15) is 13.2 Å². The van der Waals surface area contributed by atoms with E-state index in [-0.39, 0.29) is 6.42 Å². The molecule has 0 saturated heterocycles. The number of nitrogens with one attached hydrogen (secondary N) is 2. The van der Waals surface area contributed by atoms with Crippen molar-refractivity contribution in [3.05, 3.63) is 0 Å². The van der Waals surface area contributed by atoms with E-state index in [2.05, 4.69) is 10.6 Å². The number of hydrogen-bond donors (Lipinski definition) is 2. The molecule has 0 aliphatic heterocycles. The molecule has 0 spiro atoms. The summed E-state index contributed by atoms with van der Waals surface area (Å²) in [6.07, 6.45) is 3.84. The van der Waals surface area contributed by atoms with Gasteiger partial charge >= 0.3 is 0 Å². The lowest BCUT2D eigenvalue weighted by molar-refractivity contribution is -0.0353. The molecule has 2 N–H and O–H groups in total. The van der Waals surface area contributed by atoms with Gasteiger partial charge in [-0.1, -0.05) is 6.42 Å². The molecule has 2 rings (SSSR count). The lowest BCUT2D eigenvalue weighted by atomic mass is 10.1. The minimum Gasteiger partial charge on any atom is -0.319 e. The van der Waals surface area contributed by atoms with Gasteiger partial charge in [0.2, 0.25) is 0 Å². The summed E-state index contributed by atoms with van der Waals surface area (Å²) in [5.41, 5.74) is 0. The van der Waals surface area contributed by atoms with Crippen LogP contribution in [0.3, 0.4) is 0 Å². The molecule has 19 heavy (non-hydrogen) atoms. The zero-order valence-electron chi connectivity index (χ0n) is 12.0. The first-order valence-electron chi connectivity index (χ1n) is 7.32. The van der Waals surface area contributed by atoms with Gasteiger partial charge in [-0.3, -0.25) is 0 Å². The highest BCUT2D eigenvalue weighted by molar-refractivity contribution is 4.84. The standard InChI is InChI=1S/C7H13F2N.C7H14FN/c1-10-5-6-3-2-4-7(6,8)9;1-9-5-6-3-2-4-7(6)8/h6,10H,2-5H2,1H3;6-7,9H,2-5H2,1H3. The molecule has 0 amide bonds. The van der Waals surface area contributed by atoms with Crippen molar-refractivity contribution in [1.82, 2.24) is 10.6 Å². The van der Waals surface area contributed by atoms with Crippen molar-refractivity contribution in [2.75, 3.05) is 27.2 Å². The summed E-state index contributed by atoms with van der Waals surface area (Å²) in [6, 6.07) is 0. The average molecular weight is 280 g/mol. The Labute approximate surface area is 114 Å². The highest BCUT2D eigenvalue weighted by Gasteiger charge is 2.42. The monoisotopic (exact) mass is 280 g/mol. The smallest absolute Gasteiger partial charge is 0.252 e. The molecule has 2 saturated carbocycles. The lowest BCUT2D eigenvalue weighted by Gasteiger charge is -2.17. The predicted octanol–water partition coefficient (Wildman–Crippen LogP) is 2.99. The quantitative estimate of drug-likeness (QED) is 0.827. The molecule has 5 heteroatoms. The summed E-state index contributed by atoms with van der Waals surface area (Å²) in [4.78, 5) is 0. The largest absolute Gasteiger partial charge is 0.319 e. The van der Waals surface area contributed by atoms with Gasteiger partial charge in [0.15, 0.2) is 0 Å². The summed E-state index contributed by atoms with van der Waals surface area (Å²) in [5, 5.41) is 5.79. The minimum atomic E-state index is -2.40. The molecule has 3 unspecified atom stereocenters. The Kier molecular flexibility index (Phi) is 7.15. The van der Waals surface area contributed by atoms with Crippen LogP contribution in [0, 0.1) is 11.8 Å². The first-order chi connectivity index (χ1) is 9.01. The second-order valence-electron chi connectivity index (χ2n) is 5.67. The third kappa shape index (κ3) is 5.30. The van der Waals surface area contributed by atoms with E-state index >= 15 is 0 Å². The van der Waals surface area contributed by atoms with Crippen molar-refractivity contribution < 1.29 is 13.2 Å². The highest BCUT2D eigenvalue weighted by atomic mass is 19.3. The van der Waals surface area contributed by atoms with Crippen molar-refractivity contribution >= 4 is 0 Å². The fraction of sp³-hybridized carbons (Fsp3) is 1.00. The van der Waals surface area contributed by atoms with Crippen LogP contribution in [0.1, 0.15) is 38.5 Å². The predicted molar refractivity (Wildman–Crippen MR) is 72.4 cm³/mol. The van der Waals surface area contributed by atoms with E-state index in [4.69, 9.17) is 0 Å². The third-order valence-electron chi connectivity index (χ3n) is 4.14. The molecule has 2 nitrogen and oxygen atoms in total. The number of alkyl halides is 3. The molecular formula is C14H27F3N2. The van der Waals surface area contributed by atoms with Crippen molar-refractivity contribution in [3.63, 3.8) is 0 Å². The SMILES string of the molecule is CNCC1CCCC1(F)F.CNCC1CCCC1F. The summed E-state index contributed by atoms with van der Waals surface area (Å²) >= 11 is 0. The summed E-state index contributed by atoms with van der Waals surface area (Å²) in [6.45, 7) is 1.30. The zero-order chi connectivity index (χ0) is 14.3. The topological polar surface area (TPSA) is 24.1 Å². The Balaban J connectivity index is 0.000000191. The van der Waals surface area contributed by atoms with Crippen LogP contribution in [-0.2, 0) is 0 Å². The molecule has 114 valence electrons. The Morgan fingerprint density at radius 3 is 2.11 bits per heavy atom. The van der Waals surface area contributed by atoms with Crippen LogP contribution < -0.4 is 10.6 Å². The lowest BCUT2D eigenvalue weighted by Crippen LogP contribution is -2.30. The van der Waals surface area contributed by atoms with Crippen molar-refractivity contribution in [1.29, 1.82) is 0 Å². The van der Waals surface area contributed by atoms with Gasteiger partial charge in [-0.15, -0.1) is 0 Å². The molecule has 0 aromatic heterocycles. The van der Waals surface area contributed by atoms with E-state index in [1.807, 2.05) is 7.05 Å². The Morgan fingerprint density at radius 1 is 1.00 bits per heavy atom. The van der Waals surface area contributed by atoms with Crippen LogP contribution in [0.25, 0.3) is 0 Å². The van der Waals surface area contributed by atoms with E-state index in [0.717, 1.165) is 25.8 Å². The molecule has 2 aliphatic carbocycles. The van der Waals surface area contributed by atoms with E-state index < -0.39 is 18.0 Å². The van der Waals surface area contributed by atoms with Crippen molar-refractivity contribution in [3.8, 4) is 0 Å². The van der Waals surface area contributed by atoms with Gasteiger partial charge in [-0.25, -0.2) is 13.2 Å². The molecular weight excluding hydrogens is 253 g/mol. The molecule has 2 aliphatic rings. The van der Waals surface area contributed by atoms with Crippen LogP contribution in [0.15, 0.2) is 0 Å². The molecule has 0 radical (unpaired) electrons. The Hall–Kier alpha value is -0.290. The van der Waals surface area contributed by atoms with E-state index in [0.29, 0.717) is 25.3 Å². The van der Waals surface area contributed by atoms with Crippen molar-refractivity contribution in [2.45, 2.75) is 50.6 Å². The Morgan fingerprint density at radius 2 is 1.68 bits per heavy atom. The van der Waals surface area contributed by atoms with E-state index in [1.165, 1.54) is 0 Å². The maximum atomic E-state index is 12.8. The maximum absolute atomic E-state index is 12.8. The van der Waals surface area contributed by atoms with Crippen LogP contribution in [-0.4, -0.2) is 39.3 Å². The third-order valence-corrected chi connectivity index (χ3v) is 4.14. The first-order valence-corrected chi connectivity index (χ1v) is 7.32. The minimum absolute atomic E-state index is 0.0827. The van der Waals surface area contributed by atoms with Gasteiger partial charge in [-0.2, -0.15) is 0 Å².